The van der Waals surface area contributed by atoms with E-state index in [-0.39, 0.29) is 11.5 Å². The molecule has 0 bridgehead atoms. The number of methoxy groups -OCH3 is 1. The number of rotatable bonds is 5. The maximum atomic E-state index is 12.4. The lowest BCUT2D eigenvalue weighted by atomic mass is 10.1. The molecule has 1 N–H and O–H groups in total. The Labute approximate surface area is 117 Å². The Morgan fingerprint density at radius 3 is 2.84 bits per heavy atom. The number of nitrogens with zero attached hydrogens (tertiary/aromatic N) is 1. The van der Waals surface area contributed by atoms with Crippen molar-refractivity contribution in [3.8, 4) is 0 Å². The van der Waals surface area contributed by atoms with Crippen LogP contribution in [-0.4, -0.2) is 44.6 Å². The number of hydrogen-bond donors (Lipinski definition) is 1. The number of hydrogen-bond acceptors (Lipinski definition) is 5. The first-order chi connectivity index (χ1) is 9.07. The third-order valence-corrected chi connectivity index (χ3v) is 5.93. The van der Waals surface area contributed by atoms with Gasteiger partial charge in [-0.15, -0.1) is 11.3 Å². The molecule has 0 spiro atoms. The molecule has 0 radical (unpaired) electrons. The van der Waals surface area contributed by atoms with Crippen LogP contribution in [-0.2, 0) is 21.4 Å². The SMILES string of the molecule is COCC1=CCN(S(=O)(=O)c2csc(CO)c2)CC1. The smallest absolute Gasteiger partial charge is 0.244 e. The highest BCUT2D eigenvalue weighted by molar-refractivity contribution is 7.89. The minimum absolute atomic E-state index is 0.127. The number of aliphatic hydroxyl groups is 1. The van der Waals surface area contributed by atoms with Crippen molar-refractivity contribution < 1.29 is 18.3 Å². The maximum absolute atomic E-state index is 12.4. The van der Waals surface area contributed by atoms with Crippen molar-refractivity contribution in [1.29, 1.82) is 0 Å². The fourth-order valence-electron chi connectivity index (χ4n) is 1.96. The van der Waals surface area contributed by atoms with E-state index in [1.165, 1.54) is 21.7 Å². The van der Waals surface area contributed by atoms with Crippen molar-refractivity contribution in [2.24, 2.45) is 0 Å². The van der Waals surface area contributed by atoms with Gasteiger partial charge < -0.3 is 9.84 Å². The minimum Gasteiger partial charge on any atom is -0.391 e. The molecule has 0 saturated heterocycles. The van der Waals surface area contributed by atoms with Gasteiger partial charge in [0.1, 0.15) is 0 Å². The predicted octanol–water partition coefficient (Wildman–Crippen LogP) is 1.21. The highest BCUT2D eigenvalue weighted by Gasteiger charge is 2.26. The van der Waals surface area contributed by atoms with Crippen molar-refractivity contribution in [2.45, 2.75) is 17.9 Å². The molecule has 1 aromatic rings. The highest BCUT2D eigenvalue weighted by Crippen LogP contribution is 2.25. The van der Waals surface area contributed by atoms with Gasteiger partial charge in [0.2, 0.25) is 10.0 Å². The summed E-state index contributed by atoms with van der Waals surface area (Å²) in [6, 6.07) is 1.54. The van der Waals surface area contributed by atoms with Crippen molar-refractivity contribution in [3.63, 3.8) is 0 Å². The molecule has 0 unspecified atom stereocenters. The summed E-state index contributed by atoms with van der Waals surface area (Å²) < 4.78 is 31.2. The summed E-state index contributed by atoms with van der Waals surface area (Å²) >= 11 is 1.26. The summed E-state index contributed by atoms with van der Waals surface area (Å²) in [4.78, 5) is 0.927. The lowest BCUT2D eigenvalue weighted by molar-refractivity contribution is 0.219. The van der Waals surface area contributed by atoms with E-state index in [2.05, 4.69) is 0 Å². The molecule has 106 valence electrons. The molecule has 2 heterocycles. The Kier molecular flexibility index (Phi) is 4.75. The fraction of sp³-hybridized carbons (Fsp3) is 0.500. The molecule has 2 rings (SSSR count). The zero-order valence-corrected chi connectivity index (χ0v) is 12.3. The third-order valence-electron chi connectivity index (χ3n) is 3.02. The van der Waals surface area contributed by atoms with Gasteiger partial charge in [-0.1, -0.05) is 6.08 Å². The predicted molar refractivity (Wildman–Crippen MR) is 73.6 cm³/mol. The van der Waals surface area contributed by atoms with Crippen LogP contribution in [0.2, 0.25) is 0 Å². The van der Waals surface area contributed by atoms with Crippen LogP contribution in [0, 0.1) is 0 Å². The summed E-state index contributed by atoms with van der Waals surface area (Å²) in [7, 11) is -1.81. The number of ether oxygens (including phenoxy) is 1. The Balaban J connectivity index is 2.13. The van der Waals surface area contributed by atoms with Crippen LogP contribution in [0.15, 0.2) is 28.0 Å². The molecule has 1 aliphatic heterocycles. The van der Waals surface area contributed by atoms with Crippen molar-refractivity contribution in [1.82, 2.24) is 4.31 Å². The van der Waals surface area contributed by atoms with E-state index in [9.17, 15) is 8.42 Å². The molecule has 0 aliphatic carbocycles. The quantitative estimate of drug-likeness (QED) is 0.830. The van der Waals surface area contributed by atoms with E-state index in [1.54, 1.807) is 12.5 Å². The van der Waals surface area contributed by atoms with Gasteiger partial charge in [0.05, 0.1) is 18.1 Å². The van der Waals surface area contributed by atoms with E-state index in [1.807, 2.05) is 6.08 Å². The number of aliphatic hydroxyl groups excluding tert-OH is 1. The third kappa shape index (κ3) is 3.24. The minimum atomic E-state index is -3.44. The van der Waals surface area contributed by atoms with E-state index >= 15 is 0 Å². The monoisotopic (exact) mass is 303 g/mol. The van der Waals surface area contributed by atoms with Gasteiger partial charge in [0.25, 0.3) is 0 Å². The largest absolute Gasteiger partial charge is 0.391 e. The molecule has 1 aliphatic rings. The van der Waals surface area contributed by atoms with E-state index in [0.717, 1.165) is 5.57 Å². The van der Waals surface area contributed by atoms with Crippen LogP contribution in [0.5, 0.6) is 0 Å². The van der Waals surface area contributed by atoms with E-state index in [0.29, 0.717) is 31.0 Å². The average Bonchev–Trinajstić information content (AvgIpc) is 2.89. The lowest BCUT2D eigenvalue weighted by Crippen LogP contribution is -2.35. The lowest BCUT2D eigenvalue weighted by Gasteiger charge is -2.25. The van der Waals surface area contributed by atoms with Crippen molar-refractivity contribution >= 4 is 21.4 Å². The van der Waals surface area contributed by atoms with Gasteiger partial charge in [0, 0.05) is 30.5 Å². The number of sulfonamides is 1. The molecule has 19 heavy (non-hydrogen) atoms. The molecule has 1 aromatic heterocycles. The Morgan fingerprint density at radius 2 is 2.32 bits per heavy atom. The topological polar surface area (TPSA) is 66.8 Å². The molecular weight excluding hydrogens is 286 g/mol. The molecule has 0 atom stereocenters. The summed E-state index contributed by atoms with van der Waals surface area (Å²) in [5.74, 6) is 0. The highest BCUT2D eigenvalue weighted by atomic mass is 32.2. The molecule has 5 nitrogen and oxygen atoms in total. The first-order valence-corrected chi connectivity index (χ1v) is 8.25. The Morgan fingerprint density at radius 1 is 1.53 bits per heavy atom. The normalized spacial score (nSPS) is 17.5. The standard InChI is InChI=1S/C12H17NO4S2/c1-17-8-10-2-4-13(5-3-10)19(15,16)12-6-11(7-14)18-9-12/h2,6,9,14H,3-5,7-8H2,1H3. The molecular formula is C12H17NO4S2. The first kappa shape index (κ1) is 14.7. The van der Waals surface area contributed by atoms with Gasteiger partial charge in [-0.2, -0.15) is 4.31 Å². The van der Waals surface area contributed by atoms with Gasteiger partial charge in [0.15, 0.2) is 0 Å². The van der Waals surface area contributed by atoms with Gasteiger partial charge in [-0.3, -0.25) is 0 Å². The summed E-state index contributed by atoms with van der Waals surface area (Å²) in [6.07, 6.45) is 2.61. The molecule has 0 fully saturated rings. The zero-order valence-electron chi connectivity index (χ0n) is 10.7. The average molecular weight is 303 g/mol. The first-order valence-electron chi connectivity index (χ1n) is 5.93. The van der Waals surface area contributed by atoms with Gasteiger partial charge in [-0.05, 0) is 18.1 Å². The molecule has 0 amide bonds. The summed E-state index contributed by atoms with van der Waals surface area (Å²) in [5.41, 5.74) is 1.13. The van der Waals surface area contributed by atoms with Gasteiger partial charge in [-0.25, -0.2) is 8.42 Å². The van der Waals surface area contributed by atoms with Crippen LogP contribution in [0.25, 0.3) is 0 Å². The second-order valence-corrected chi connectivity index (χ2v) is 7.25. The van der Waals surface area contributed by atoms with Crippen LogP contribution >= 0.6 is 11.3 Å². The van der Waals surface area contributed by atoms with Crippen LogP contribution in [0.3, 0.4) is 0 Å². The van der Waals surface area contributed by atoms with E-state index < -0.39 is 10.0 Å². The van der Waals surface area contributed by atoms with Crippen LogP contribution in [0.4, 0.5) is 0 Å². The number of thiophene rings is 1. The van der Waals surface area contributed by atoms with Crippen molar-refractivity contribution in [3.05, 3.63) is 28.0 Å². The maximum Gasteiger partial charge on any atom is 0.244 e. The molecule has 0 saturated carbocycles. The molecule has 0 aromatic carbocycles. The van der Waals surface area contributed by atoms with Crippen LogP contribution in [0.1, 0.15) is 11.3 Å². The molecule has 7 heteroatoms. The van der Waals surface area contributed by atoms with Gasteiger partial charge >= 0.3 is 0 Å². The summed E-state index contributed by atoms with van der Waals surface area (Å²) in [6.45, 7) is 1.28. The zero-order chi connectivity index (χ0) is 13.9. The summed E-state index contributed by atoms with van der Waals surface area (Å²) in [5, 5.41) is 10.6. The second-order valence-electron chi connectivity index (χ2n) is 4.32. The van der Waals surface area contributed by atoms with E-state index in [4.69, 9.17) is 9.84 Å². The second kappa shape index (κ2) is 6.15. The van der Waals surface area contributed by atoms with Crippen LogP contribution < -0.4 is 0 Å². The van der Waals surface area contributed by atoms with Crippen molar-refractivity contribution in [2.75, 3.05) is 26.8 Å². The Bertz CT molecular complexity index is 562. The fourth-order valence-corrected chi connectivity index (χ4v) is 4.46. The Hall–Kier alpha value is -0.730.